The van der Waals surface area contributed by atoms with Gasteiger partial charge in [-0.15, -0.1) is 6.42 Å². The molecule has 0 heterocycles. The van der Waals surface area contributed by atoms with Crippen LogP contribution in [0.15, 0.2) is 24.3 Å². The predicted molar refractivity (Wildman–Crippen MR) is 104 cm³/mol. The monoisotopic (exact) mass is 358 g/mol. The summed E-state index contributed by atoms with van der Waals surface area (Å²) in [5.41, 5.74) is 0.466. The van der Waals surface area contributed by atoms with Gasteiger partial charge in [0.25, 0.3) is 5.91 Å². The van der Waals surface area contributed by atoms with E-state index >= 15 is 0 Å². The number of carbonyl (C=O) groups excluding carboxylic acids is 2. The van der Waals surface area contributed by atoms with Crippen LogP contribution < -0.4 is 15.4 Å². The predicted octanol–water partition coefficient (Wildman–Crippen LogP) is 3.29. The van der Waals surface area contributed by atoms with Gasteiger partial charge in [0, 0.05) is 12.1 Å². The third-order valence-corrected chi connectivity index (χ3v) is 4.01. The van der Waals surface area contributed by atoms with Gasteiger partial charge in [-0.2, -0.15) is 0 Å². The maximum Gasteiger partial charge on any atom is 0.251 e. The average molecular weight is 358 g/mol. The minimum atomic E-state index is -0.583. The van der Waals surface area contributed by atoms with E-state index < -0.39 is 6.04 Å². The molecule has 0 aliphatic rings. The minimum Gasteiger partial charge on any atom is -0.481 e. The lowest BCUT2D eigenvalue weighted by atomic mass is 10.1. The van der Waals surface area contributed by atoms with Crippen molar-refractivity contribution in [2.45, 2.75) is 58.4 Å². The van der Waals surface area contributed by atoms with E-state index in [1.165, 1.54) is 25.7 Å². The highest BCUT2D eigenvalue weighted by molar-refractivity contribution is 5.97. The molecule has 1 rings (SSSR count). The van der Waals surface area contributed by atoms with E-state index in [2.05, 4.69) is 23.5 Å². The summed E-state index contributed by atoms with van der Waals surface area (Å²) in [4.78, 5) is 24.3. The molecule has 1 aromatic carbocycles. The van der Waals surface area contributed by atoms with E-state index in [0.717, 1.165) is 12.8 Å². The van der Waals surface area contributed by atoms with Crippen molar-refractivity contribution in [3.63, 3.8) is 0 Å². The molecule has 26 heavy (non-hydrogen) atoms. The number of carbonyl (C=O) groups is 2. The van der Waals surface area contributed by atoms with Gasteiger partial charge in [-0.3, -0.25) is 9.59 Å². The first-order chi connectivity index (χ1) is 12.6. The Morgan fingerprint density at radius 2 is 1.77 bits per heavy atom. The first-order valence-corrected chi connectivity index (χ1v) is 9.33. The van der Waals surface area contributed by atoms with Crippen LogP contribution in [0.4, 0.5) is 0 Å². The van der Waals surface area contributed by atoms with Crippen LogP contribution in [0, 0.1) is 12.3 Å². The highest BCUT2D eigenvalue weighted by Gasteiger charge is 2.16. The fourth-order valence-corrected chi connectivity index (χ4v) is 2.44. The Balaban J connectivity index is 2.30. The average Bonchev–Trinajstić information content (AvgIpc) is 2.65. The topological polar surface area (TPSA) is 67.4 Å². The van der Waals surface area contributed by atoms with Crippen LogP contribution in [0.3, 0.4) is 0 Å². The summed E-state index contributed by atoms with van der Waals surface area (Å²) >= 11 is 0. The molecule has 0 spiro atoms. The number of benzene rings is 1. The van der Waals surface area contributed by atoms with Crippen LogP contribution in [0.2, 0.25) is 0 Å². The van der Waals surface area contributed by atoms with Crippen molar-refractivity contribution in [1.29, 1.82) is 0 Å². The van der Waals surface area contributed by atoms with Crippen LogP contribution in [-0.2, 0) is 4.79 Å². The lowest BCUT2D eigenvalue weighted by molar-refractivity contribution is -0.122. The SMILES string of the molecule is C#CCOc1ccc(C(=O)N[C@H](C)C(=O)NCCCCCCCC)cc1. The van der Waals surface area contributed by atoms with Crippen molar-refractivity contribution in [2.24, 2.45) is 0 Å². The molecule has 2 N–H and O–H groups in total. The minimum absolute atomic E-state index is 0.166. The molecule has 0 unspecified atom stereocenters. The van der Waals surface area contributed by atoms with Crippen molar-refractivity contribution in [3.8, 4) is 18.1 Å². The van der Waals surface area contributed by atoms with Crippen molar-refractivity contribution in [3.05, 3.63) is 29.8 Å². The van der Waals surface area contributed by atoms with E-state index in [1.807, 2.05) is 0 Å². The molecule has 0 aromatic heterocycles. The van der Waals surface area contributed by atoms with Crippen molar-refractivity contribution in [1.82, 2.24) is 10.6 Å². The molecular weight excluding hydrogens is 328 g/mol. The zero-order valence-corrected chi connectivity index (χ0v) is 15.8. The number of hydrogen-bond acceptors (Lipinski definition) is 3. The number of terminal acetylenes is 1. The largest absolute Gasteiger partial charge is 0.481 e. The Morgan fingerprint density at radius 3 is 2.42 bits per heavy atom. The number of ether oxygens (including phenoxy) is 1. The number of amides is 2. The summed E-state index contributed by atoms with van der Waals surface area (Å²) in [7, 11) is 0. The molecule has 1 aromatic rings. The van der Waals surface area contributed by atoms with E-state index in [4.69, 9.17) is 11.2 Å². The van der Waals surface area contributed by atoms with Crippen LogP contribution >= 0.6 is 0 Å². The van der Waals surface area contributed by atoms with Gasteiger partial charge in [0.15, 0.2) is 0 Å². The van der Waals surface area contributed by atoms with Gasteiger partial charge in [0.2, 0.25) is 5.91 Å². The molecule has 2 amide bonds. The molecule has 0 radical (unpaired) electrons. The smallest absolute Gasteiger partial charge is 0.251 e. The Hall–Kier alpha value is -2.48. The Kier molecular flexibility index (Phi) is 10.6. The maximum absolute atomic E-state index is 12.2. The van der Waals surface area contributed by atoms with Crippen LogP contribution in [-0.4, -0.2) is 31.0 Å². The first kappa shape index (κ1) is 21.6. The summed E-state index contributed by atoms with van der Waals surface area (Å²) in [6, 6.07) is 6.05. The van der Waals surface area contributed by atoms with E-state index in [9.17, 15) is 9.59 Å². The van der Waals surface area contributed by atoms with Crippen LogP contribution in [0.5, 0.6) is 5.75 Å². The van der Waals surface area contributed by atoms with E-state index in [-0.39, 0.29) is 18.4 Å². The number of nitrogens with one attached hydrogen (secondary N) is 2. The second-order valence-electron chi connectivity index (χ2n) is 6.27. The second-order valence-corrected chi connectivity index (χ2v) is 6.27. The van der Waals surface area contributed by atoms with Crippen LogP contribution in [0.1, 0.15) is 62.7 Å². The Morgan fingerprint density at radius 1 is 1.12 bits per heavy atom. The third-order valence-electron chi connectivity index (χ3n) is 4.01. The molecule has 142 valence electrons. The Bertz CT molecular complexity index is 590. The molecule has 5 nitrogen and oxygen atoms in total. The Labute approximate surface area is 156 Å². The summed E-state index contributed by atoms with van der Waals surface area (Å²) < 4.78 is 5.26. The van der Waals surface area contributed by atoms with Gasteiger partial charge in [-0.1, -0.05) is 44.9 Å². The fraction of sp³-hybridized carbons (Fsp3) is 0.524. The number of hydrogen-bond donors (Lipinski definition) is 2. The molecular formula is C21H30N2O3. The summed E-state index contributed by atoms with van der Waals surface area (Å²) in [5, 5.41) is 5.57. The second kappa shape index (κ2) is 12.8. The zero-order chi connectivity index (χ0) is 19.2. The molecule has 0 saturated heterocycles. The molecule has 0 aliphatic carbocycles. The third kappa shape index (κ3) is 8.57. The summed E-state index contributed by atoms with van der Waals surface area (Å²) in [5.74, 6) is 2.52. The molecule has 0 fully saturated rings. The van der Waals surface area contributed by atoms with Gasteiger partial charge in [0.1, 0.15) is 18.4 Å². The molecule has 1 atom stereocenters. The van der Waals surface area contributed by atoms with E-state index in [1.54, 1.807) is 31.2 Å². The quantitative estimate of drug-likeness (QED) is 0.445. The van der Waals surface area contributed by atoms with Crippen molar-refractivity contribution >= 4 is 11.8 Å². The molecule has 0 bridgehead atoms. The number of rotatable bonds is 12. The van der Waals surface area contributed by atoms with Gasteiger partial charge in [-0.05, 0) is 37.6 Å². The fourth-order valence-electron chi connectivity index (χ4n) is 2.44. The summed E-state index contributed by atoms with van der Waals surface area (Å²) in [6.45, 7) is 4.70. The van der Waals surface area contributed by atoms with Gasteiger partial charge in [0.05, 0.1) is 0 Å². The van der Waals surface area contributed by atoms with Crippen LogP contribution in [0.25, 0.3) is 0 Å². The molecule has 0 saturated carbocycles. The highest BCUT2D eigenvalue weighted by atomic mass is 16.5. The van der Waals surface area contributed by atoms with Crippen molar-refractivity contribution < 1.29 is 14.3 Å². The lowest BCUT2D eigenvalue weighted by Crippen LogP contribution is -2.45. The maximum atomic E-state index is 12.2. The molecule has 0 aliphatic heterocycles. The highest BCUT2D eigenvalue weighted by Crippen LogP contribution is 2.12. The van der Waals surface area contributed by atoms with Crippen molar-refractivity contribution in [2.75, 3.05) is 13.2 Å². The normalized spacial score (nSPS) is 11.3. The standard InChI is InChI=1S/C21H30N2O3/c1-4-6-7-8-9-10-15-22-20(24)17(3)23-21(25)18-11-13-19(14-12-18)26-16-5-2/h2,11-14,17H,4,6-10,15-16H2,1,3H3,(H,22,24)(H,23,25)/t17-/m1/s1. The zero-order valence-electron chi connectivity index (χ0n) is 15.8. The lowest BCUT2D eigenvalue weighted by Gasteiger charge is -2.14. The first-order valence-electron chi connectivity index (χ1n) is 9.33. The molecule has 5 heteroatoms. The van der Waals surface area contributed by atoms with Gasteiger partial charge >= 0.3 is 0 Å². The summed E-state index contributed by atoms with van der Waals surface area (Å²) in [6.07, 6.45) is 12.2. The van der Waals surface area contributed by atoms with Gasteiger partial charge < -0.3 is 15.4 Å². The number of unbranched alkanes of at least 4 members (excludes halogenated alkanes) is 5. The van der Waals surface area contributed by atoms with Gasteiger partial charge in [-0.25, -0.2) is 0 Å². The van der Waals surface area contributed by atoms with E-state index in [0.29, 0.717) is 17.9 Å².